The lowest BCUT2D eigenvalue weighted by Crippen LogP contribution is -2.06. The predicted octanol–water partition coefficient (Wildman–Crippen LogP) is 3.79. The summed E-state index contributed by atoms with van der Waals surface area (Å²) in [7, 11) is 0. The minimum absolute atomic E-state index is 0.131. The van der Waals surface area contributed by atoms with Gasteiger partial charge in [-0.2, -0.15) is 0 Å². The summed E-state index contributed by atoms with van der Waals surface area (Å²) in [5, 5.41) is 0. The quantitative estimate of drug-likeness (QED) is 0.734. The molecule has 2 nitrogen and oxygen atoms in total. The van der Waals surface area contributed by atoms with E-state index in [0.717, 1.165) is 0 Å². The fourth-order valence-corrected chi connectivity index (χ4v) is 1.83. The van der Waals surface area contributed by atoms with E-state index in [4.69, 9.17) is 4.74 Å². The molecule has 0 aliphatic carbocycles. The largest absolute Gasteiger partial charge is 0.494 e. The number of rotatable bonds is 5. The second-order valence-corrected chi connectivity index (χ2v) is 3.69. The molecule has 17 heavy (non-hydrogen) atoms. The average Bonchev–Trinajstić information content (AvgIpc) is 2.27. The van der Waals surface area contributed by atoms with E-state index in [-0.39, 0.29) is 16.9 Å². The number of Topliss-reactive ketones (excluding diaryl/α,β-unsaturated/α-hetero) is 1. The first-order valence-corrected chi connectivity index (χ1v) is 5.59. The molecule has 0 N–H and O–H groups in total. The Bertz CT molecular complexity index is 414. The summed E-state index contributed by atoms with van der Waals surface area (Å²) in [6.07, 6.45) is -2.14. The number of hydrogen-bond acceptors (Lipinski definition) is 2. The number of ether oxygens (including phenoxy) is 1. The first-order chi connectivity index (χ1) is 8.01. The van der Waals surface area contributed by atoms with Crippen LogP contribution in [0.5, 0.6) is 5.75 Å². The maximum atomic E-state index is 12.9. The summed E-state index contributed by atoms with van der Waals surface area (Å²) < 4.78 is 31.1. The van der Waals surface area contributed by atoms with Gasteiger partial charge in [0, 0.05) is 11.1 Å². The fraction of sp³-hybridized carbons (Fsp3) is 0.462. The third-order valence-electron chi connectivity index (χ3n) is 2.50. The maximum Gasteiger partial charge on any atom is 0.264 e. The molecule has 0 aliphatic rings. The van der Waals surface area contributed by atoms with Crippen molar-refractivity contribution in [2.45, 2.75) is 33.6 Å². The Morgan fingerprint density at radius 3 is 2.41 bits per heavy atom. The Balaban J connectivity index is 3.40. The van der Waals surface area contributed by atoms with E-state index >= 15 is 0 Å². The van der Waals surface area contributed by atoms with Crippen LogP contribution in [0.15, 0.2) is 12.1 Å². The van der Waals surface area contributed by atoms with Gasteiger partial charge in [0.15, 0.2) is 5.78 Å². The van der Waals surface area contributed by atoms with Crippen LogP contribution in [0.4, 0.5) is 8.78 Å². The summed E-state index contributed by atoms with van der Waals surface area (Å²) in [5.74, 6) is 0.0600. The Labute approximate surface area is 99.6 Å². The molecule has 1 aromatic rings. The highest BCUT2D eigenvalue weighted by Gasteiger charge is 2.20. The van der Waals surface area contributed by atoms with Gasteiger partial charge in [-0.3, -0.25) is 4.79 Å². The van der Waals surface area contributed by atoms with Crippen LogP contribution < -0.4 is 4.74 Å². The Kier molecular flexibility index (Phi) is 4.61. The fourth-order valence-electron chi connectivity index (χ4n) is 1.83. The van der Waals surface area contributed by atoms with Gasteiger partial charge in [-0.1, -0.05) is 6.92 Å². The first-order valence-electron chi connectivity index (χ1n) is 5.59. The molecule has 0 spiro atoms. The summed E-state index contributed by atoms with van der Waals surface area (Å²) in [5.41, 5.74) is 0.505. The van der Waals surface area contributed by atoms with E-state index < -0.39 is 6.43 Å². The van der Waals surface area contributed by atoms with Gasteiger partial charge in [0.1, 0.15) is 5.75 Å². The van der Waals surface area contributed by atoms with Gasteiger partial charge in [0.05, 0.1) is 6.61 Å². The van der Waals surface area contributed by atoms with Crippen LogP contribution in [0.3, 0.4) is 0 Å². The summed E-state index contributed by atoms with van der Waals surface area (Å²) >= 11 is 0. The van der Waals surface area contributed by atoms with Gasteiger partial charge in [-0.05, 0) is 38.0 Å². The van der Waals surface area contributed by atoms with Gasteiger partial charge < -0.3 is 4.74 Å². The van der Waals surface area contributed by atoms with Crippen molar-refractivity contribution in [3.8, 4) is 5.75 Å². The molecule has 0 aromatic heterocycles. The van der Waals surface area contributed by atoms with E-state index in [0.29, 0.717) is 24.3 Å². The van der Waals surface area contributed by atoms with Gasteiger partial charge in [-0.15, -0.1) is 0 Å². The molecular formula is C13H16F2O2. The lowest BCUT2D eigenvalue weighted by Gasteiger charge is -2.14. The lowest BCUT2D eigenvalue weighted by atomic mass is 9.96. The van der Waals surface area contributed by atoms with Crippen molar-refractivity contribution in [2.24, 2.45) is 0 Å². The van der Waals surface area contributed by atoms with Gasteiger partial charge >= 0.3 is 0 Å². The minimum atomic E-state index is -2.67. The van der Waals surface area contributed by atoms with Crippen LogP contribution in [0, 0.1) is 0 Å². The van der Waals surface area contributed by atoms with E-state index in [9.17, 15) is 13.6 Å². The molecule has 0 unspecified atom stereocenters. The summed E-state index contributed by atoms with van der Waals surface area (Å²) in [6, 6.07) is 2.91. The molecule has 0 aliphatic heterocycles. The van der Waals surface area contributed by atoms with Crippen LogP contribution in [0.2, 0.25) is 0 Å². The molecular weight excluding hydrogens is 226 g/mol. The predicted molar refractivity (Wildman–Crippen MR) is 62.0 cm³/mol. The van der Waals surface area contributed by atoms with E-state index in [1.54, 1.807) is 13.0 Å². The highest BCUT2D eigenvalue weighted by molar-refractivity contribution is 5.97. The molecule has 0 bridgehead atoms. The van der Waals surface area contributed by atoms with Gasteiger partial charge in [0.2, 0.25) is 0 Å². The zero-order valence-electron chi connectivity index (χ0n) is 10.2. The van der Waals surface area contributed by atoms with Gasteiger partial charge in [-0.25, -0.2) is 8.78 Å². The smallest absolute Gasteiger partial charge is 0.264 e. The highest BCUT2D eigenvalue weighted by atomic mass is 19.3. The SMILES string of the molecule is CCOc1cc(CC)c(C(C)=O)c(C(F)F)c1. The monoisotopic (exact) mass is 242 g/mol. The van der Waals surface area contributed by atoms with Crippen LogP contribution >= 0.6 is 0 Å². The van der Waals surface area contributed by atoms with Gasteiger partial charge in [0.25, 0.3) is 6.43 Å². The minimum Gasteiger partial charge on any atom is -0.494 e. The van der Waals surface area contributed by atoms with E-state index in [1.165, 1.54) is 13.0 Å². The molecule has 1 aromatic carbocycles. The standard InChI is InChI=1S/C13H16F2O2/c1-4-9-6-10(17-5-2)7-11(13(14)15)12(9)8(3)16/h6-7,13H,4-5H2,1-3H3. The Morgan fingerprint density at radius 2 is 2.00 bits per heavy atom. The van der Waals surface area contributed by atoms with Crippen molar-refractivity contribution in [1.29, 1.82) is 0 Å². The molecule has 1 rings (SSSR count). The molecule has 94 valence electrons. The normalized spacial score (nSPS) is 10.7. The Hall–Kier alpha value is -1.45. The molecule has 0 saturated heterocycles. The third kappa shape index (κ3) is 3.02. The van der Waals surface area contributed by atoms with Crippen molar-refractivity contribution >= 4 is 5.78 Å². The van der Waals surface area contributed by atoms with Crippen LogP contribution in [0.1, 0.15) is 48.7 Å². The number of carbonyl (C=O) groups excluding carboxylic acids is 1. The summed E-state index contributed by atoms with van der Waals surface area (Å²) in [4.78, 5) is 11.4. The van der Waals surface area contributed by atoms with Crippen molar-refractivity contribution in [2.75, 3.05) is 6.61 Å². The van der Waals surface area contributed by atoms with Crippen molar-refractivity contribution in [3.05, 3.63) is 28.8 Å². The molecule has 0 amide bonds. The number of halogens is 2. The summed E-state index contributed by atoms with van der Waals surface area (Å²) in [6.45, 7) is 5.32. The number of ketones is 1. The van der Waals surface area contributed by atoms with E-state index in [1.807, 2.05) is 6.92 Å². The lowest BCUT2D eigenvalue weighted by molar-refractivity contribution is 0.0997. The number of carbonyl (C=O) groups is 1. The van der Waals surface area contributed by atoms with Crippen LogP contribution in [-0.4, -0.2) is 12.4 Å². The average molecular weight is 242 g/mol. The first kappa shape index (κ1) is 13.6. The number of alkyl halides is 2. The highest BCUT2D eigenvalue weighted by Crippen LogP contribution is 2.31. The number of hydrogen-bond donors (Lipinski definition) is 0. The van der Waals surface area contributed by atoms with Crippen LogP contribution in [0.25, 0.3) is 0 Å². The topological polar surface area (TPSA) is 26.3 Å². The molecule has 0 atom stereocenters. The third-order valence-corrected chi connectivity index (χ3v) is 2.50. The number of aryl methyl sites for hydroxylation is 1. The molecule has 0 heterocycles. The Morgan fingerprint density at radius 1 is 1.35 bits per heavy atom. The molecule has 0 radical (unpaired) electrons. The zero-order chi connectivity index (χ0) is 13.0. The van der Waals surface area contributed by atoms with Crippen molar-refractivity contribution in [3.63, 3.8) is 0 Å². The zero-order valence-corrected chi connectivity index (χ0v) is 10.2. The second-order valence-electron chi connectivity index (χ2n) is 3.69. The maximum absolute atomic E-state index is 12.9. The van der Waals surface area contributed by atoms with Crippen molar-refractivity contribution < 1.29 is 18.3 Å². The molecule has 4 heteroatoms. The van der Waals surface area contributed by atoms with E-state index in [2.05, 4.69) is 0 Å². The number of benzene rings is 1. The van der Waals surface area contributed by atoms with Crippen molar-refractivity contribution in [1.82, 2.24) is 0 Å². The van der Waals surface area contributed by atoms with Crippen LogP contribution in [-0.2, 0) is 6.42 Å². The molecule has 0 fully saturated rings. The second kappa shape index (κ2) is 5.75. The molecule has 0 saturated carbocycles.